The number of benzene rings is 1. The first-order chi connectivity index (χ1) is 8.58. The highest BCUT2D eigenvalue weighted by atomic mass is 35.5. The molecule has 0 amide bonds. The van der Waals surface area contributed by atoms with E-state index < -0.39 is 32.9 Å². The molecule has 0 unspecified atom stereocenters. The summed E-state index contributed by atoms with van der Waals surface area (Å²) in [6.45, 7) is -0.477. The van der Waals surface area contributed by atoms with Crippen molar-refractivity contribution in [2.75, 3.05) is 19.1 Å². The van der Waals surface area contributed by atoms with E-state index in [-0.39, 0.29) is 5.02 Å². The Balaban J connectivity index is 3.03. The van der Waals surface area contributed by atoms with Gasteiger partial charge in [0.1, 0.15) is 6.10 Å². The molecule has 0 saturated carbocycles. The fourth-order valence-corrected chi connectivity index (χ4v) is 2.51. The van der Waals surface area contributed by atoms with Gasteiger partial charge in [0.05, 0.1) is 19.1 Å². The first-order valence-corrected chi connectivity index (χ1v) is 9.07. The van der Waals surface area contributed by atoms with Crippen LogP contribution in [0.2, 0.25) is 5.02 Å². The Bertz CT molecular complexity index is 638. The maximum absolute atomic E-state index is 11.2. The Labute approximate surface area is 117 Å². The monoisotopic (exact) mass is 328 g/mol. The maximum Gasteiger partial charge on any atom is 0.265 e. The van der Waals surface area contributed by atoms with Crippen molar-refractivity contribution in [2.45, 2.75) is 6.10 Å². The van der Waals surface area contributed by atoms with Gasteiger partial charge in [0.15, 0.2) is 0 Å². The third-order valence-electron chi connectivity index (χ3n) is 1.98. The zero-order valence-corrected chi connectivity index (χ0v) is 12.6. The van der Waals surface area contributed by atoms with Crippen LogP contribution in [0.4, 0.5) is 0 Å². The molecule has 0 N–H and O–H groups in total. The van der Waals surface area contributed by atoms with Crippen LogP contribution in [0.25, 0.3) is 0 Å². The number of halogens is 1. The van der Waals surface area contributed by atoms with Crippen molar-refractivity contribution in [3.63, 3.8) is 0 Å². The van der Waals surface area contributed by atoms with Gasteiger partial charge in [-0.1, -0.05) is 29.8 Å². The van der Waals surface area contributed by atoms with Crippen molar-refractivity contribution < 1.29 is 25.2 Å². The molecule has 108 valence electrons. The number of hydrogen-bond donors (Lipinski definition) is 0. The van der Waals surface area contributed by atoms with Crippen molar-refractivity contribution >= 4 is 31.8 Å². The Morgan fingerprint density at radius 3 is 2.16 bits per heavy atom. The van der Waals surface area contributed by atoms with E-state index in [1.54, 1.807) is 12.1 Å². The fourth-order valence-electron chi connectivity index (χ4n) is 1.30. The summed E-state index contributed by atoms with van der Waals surface area (Å²) in [5, 5.41) is 0.258. The molecule has 0 aliphatic rings. The predicted octanol–water partition coefficient (Wildman–Crippen LogP) is 1.33. The summed E-state index contributed by atoms with van der Waals surface area (Å²) in [5.41, 5.74) is 0.332. The molecule has 0 radical (unpaired) electrons. The van der Waals surface area contributed by atoms with Crippen LogP contribution in [0.1, 0.15) is 11.7 Å². The smallest absolute Gasteiger partial charge is 0.265 e. The van der Waals surface area contributed by atoms with E-state index in [2.05, 4.69) is 4.18 Å². The van der Waals surface area contributed by atoms with Crippen LogP contribution in [0.5, 0.6) is 0 Å². The average molecular weight is 329 g/mol. The van der Waals surface area contributed by atoms with Crippen LogP contribution in [-0.4, -0.2) is 36.0 Å². The molecule has 1 atom stereocenters. The zero-order chi connectivity index (χ0) is 14.7. The molecule has 6 nitrogen and oxygen atoms in total. The Morgan fingerprint density at radius 2 is 1.68 bits per heavy atom. The third-order valence-corrected chi connectivity index (χ3v) is 3.47. The normalized spacial score (nSPS) is 14.3. The van der Waals surface area contributed by atoms with Crippen molar-refractivity contribution in [3.05, 3.63) is 34.9 Å². The van der Waals surface area contributed by atoms with Crippen LogP contribution >= 0.6 is 11.6 Å². The van der Waals surface area contributed by atoms with Crippen molar-refractivity contribution in [1.29, 1.82) is 0 Å². The van der Waals surface area contributed by atoms with Gasteiger partial charge in [0.25, 0.3) is 20.2 Å². The minimum atomic E-state index is -3.79. The number of hydrogen-bond acceptors (Lipinski definition) is 6. The van der Waals surface area contributed by atoms with E-state index in [0.29, 0.717) is 5.56 Å². The van der Waals surface area contributed by atoms with E-state index in [9.17, 15) is 16.8 Å². The minimum Gasteiger partial charge on any atom is -0.267 e. The lowest BCUT2D eigenvalue weighted by Crippen LogP contribution is -2.18. The second-order valence-corrected chi connectivity index (χ2v) is 7.45. The summed E-state index contributed by atoms with van der Waals surface area (Å²) in [4.78, 5) is 0. The van der Waals surface area contributed by atoms with Crippen LogP contribution < -0.4 is 0 Å². The van der Waals surface area contributed by atoms with Gasteiger partial charge >= 0.3 is 0 Å². The fraction of sp³-hybridized carbons (Fsp3) is 0.400. The molecule has 1 aromatic carbocycles. The van der Waals surface area contributed by atoms with E-state index >= 15 is 0 Å². The predicted molar refractivity (Wildman–Crippen MR) is 70.9 cm³/mol. The Kier molecular flexibility index (Phi) is 5.34. The molecule has 0 saturated heterocycles. The van der Waals surface area contributed by atoms with Gasteiger partial charge in [-0.05, 0) is 6.07 Å². The molecule has 0 aromatic heterocycles. The van der Waals surface area contributed by atoms with E-state index in [4.69, 9.17) is 15.8 Å². The highest BCUT2D eigenvalue weighted by molar-refractivity contribution is 7.86. The second-order valence-electron chi connectivity index (χ2n) is 3.80. The molecule has 9 heteroatoms. The van der Waals surface area contributed by atoms with E-state index in [0.717, 1.165) is 12.5 Å². The summed E-state index contributed by atoms with van der Waals surface area (Å²) >= 11 is 5.92. The SMILES string of the molecule is CS(=O)(=O)OC[C@H](OS(C)(=O)=O)c1ccccc1Cl. The van der Waals surface area contributed by atoms with Gasteiger partial charge in [-0.2, -0.15) is 16.8 Å². The molecular formula is C10H13ClO6S2. The average Bonchev–Trinajstić information content (AvgIpc) is 2.22. The van der Waals surface area contributed by atoms with Gasteiger partial charge < -0.3 is 0 Å². The summed E-state index contributed by atoms with van der Waals surface area (Å²) in [6.07, 6.45) is 0.590. The summed E-state index contributed by atoms with van der Waals surface area (Å²) in [6, 6.07) is 6.35. The lowest BCUT2D eigenvalue weighted by atomic mass is 10.1. The number of rotatable bonds is 6. The molecule has 0 bridgehead atoms. The molecule has 0 aliphatic carbocycles. The highest BCUT2D eigenvalue weighted by Gasteiger charge is 2.22. The summed E-state index contributed by atoms with van der Waals surface area (Å²) in [5.74, 6) is 0. The maximum atomic E-state index is 11.2. The van der Waals surface area contributed by atoms with Crippen molar-refractivity contribution in [3.8, 4) is 0 Å². The van der Waals surface area contributed by atoms with E-state index in [1.165, 1.54) is 12.1 Å². The molecule has 0 spiro atoms. The van der Waals surface area contributed by atoms with Crippen LogP contribution in [0.15, 0.2) is 24.3 Å². The van der Waals surface area contributed by atoms with Gasteiger partial charge in [0, 0.05) is 10.6 Å². The van der Waals surface area contributed by atoms with Gasteiger partial charge in [-0.25, -0.2) is 0 Å². The van der Waals surface area contributed by atoms with E-state index in [1.807, 2.05) is 0 Å². The largest absolute Gasteiger partial charge is 0.267 e. The molecule has 1 aromatic rings. The molecule has 0 fully saturated rings. The summed E-state index contributed by atoms with van der Waals surface area (Å²) < 4.78 is 53.6. The molecule has 1 rings (SSSR count). The quantitative estimate of drug-likeness (QED) is 0.732. The Morgan fingerprint density at radius 1 is 1.11 bits per heavy atom. The lowest BCUT2D eigenvalue weighted by molar-refractivity contribution is 0.141. The second kappa shape index (κ2) is 6.19. The van der Waals surface area contributed by atoms with Crippen molar-refractivity contribution in [1.82, 2.24) is 0 Å². The minimum absolute atomic E-state index is 0.258. The molecular weight excluding hydrogens is 316 g/mol. The van der Waals surface area contributed by atoms with Crippen LogP contribution in [0.3, 0.4) is 0 Å². The first kappa shape index (κ1) is 16.4. The van der Waals surface area contributed by atoms with Crippen molar-refractivity contribution in [2.24, 2.45) is 0 Å². The van der Waals surface area contributed by atoms with Gasteiger partial charge in [0.2, 0.25) is 0 Å². The van der Waals surface area contributed by atoms with Crippen LogP contribution in [0, 0.1) is 0 Å². The highest BCUT2D eigenvalue weighted by Crippen LogP contribution is 2.27. The standard InChI is InChI=1S/C10H13ClO6S2/c1-18(12,13)16-7-10(17-19(2,14)15)8-5-3-4-6-9(8)11/h3-6,10H,7H2,1-2H3/t10-/m0/s1. The van der Waals surface area contributed by atoms with Gasteiger partial charge in [-0.15, -0.1) is 0 Å². The molecule has 19 heavy (non-hydrogen) atoms. The molecule has 0 heterocycles. The zero-order valence-electron chi connectivity index (χ0n) is 10.2. The topological polar surface area (TPSA) is 86.7 Å². The lowest BCUT2D eigenvalue weighted by Gasteiger charge is -2.17. The Hall–Kier alpha value is -0.670. The summed E-state index contributed by atoms with van der Waals surface area (Å²) in [7, 11) is -7.50. The first-order valence-electron chi connectivity index (χ1n) is 5.05. The van der Waals surface area contributed by atoms with Crippen LogP contribution in [-0.2, 0) is 28.6 Å². The molecule has 0 aliphatic heterocycles. The third kappa shape index (κ3) is 6.35. The van der Waals surface area contributed by atoms with Gasteiger partial charge in [-0.3, -0.25) is 8.37 Å².